The molecule has 9 amide bonds. The molecule has 25 nitrogen and oxygen atoms in total. The molecule has 95 heavy (non-hydrogen) atoms. The number of β-amino-alcohol motifs (C(OH)–C–C–N with tert-alkyl or cyclic N) is 1. The number of nitrogens with zero attached hydrogens (tertiary/aromatic N) is 2. The molecule has 508 valence electrons. The lowest BCUT2D eigenvalue weighted by atomic mass is 9.99. The number of piperazine rings is 1. The summed E-state index contributed by atoms with van der Waals surface area (Å²) in [5, 5.41) is 53.4. The van der Waals surface area contributed by atoms with E-state index in [0.717, 1.165) is 29.6 Å². The number of benzene rings is 5. The van der Waals surface area contributed by atoms with Gasteiger partial charge >= 0.3 is 0 Å². The molecule has 7 rings (SSSR count). The Bertz CT molecular complexity index is 3450. The normalized spacial score (nSPS) is 15.8. The van der Waals surface area contributed by atoms with Gasteiger partial charge in [0.2, 0.25) is 53.2 Å². The van der Waals surface area contributed by atoms with Gasteiger partial charge in [-0.25, -0.2) is 0 Å². The lowest BCUT2D eigenvalue weighted by Crippen LogP contribution is -2.62. The number of rotatable bonds is 37. The Labute approximate surface area is 553 Å². The highest BCUT2D eigenvalue weighted by Gasteiger charge is 2.37. The van der Waals surface area contributed by atoms with Crippen LogP contribution in [0, 0.1) is 0 Å². The number of carbonyl (C=O) groups excluding carboxylic acids is 9. The summed E-state index contributed by atoms with van der Waals surface area (Å²) in [7, 11) is 0. The van der Waals surface area contributed by atoms with Crippen molar-refractivity contribution in [2.75, 3.05) is 52.4 Å². The molecule has 5 aromatic carbocycles. The summed E-state index contributed by atoms with van der Waals surface area (Å²) < 4.78 is 0. The summed E-state index contributed by atoms with van der Waals surface area (Å²) >= 11 is 0. The summed E-state index contributed by atoms with van der Waals surface area (Å²) in [6.07, 6.45) is -0.866. The van der Waals surface area contributed by atoms with Crippen LogP contribution in [-0.2, 0) is 75.3 Å². The van der Waals surface area contributed by atoms with E-state index in [1.54, 1.807) is 97.2 Å². The molecule has 1 aliphatic heterocycles. The highest BCUT2D eigenvalue weighted by atomic mass is 16.3. The molecule has 0 unspecified atom stereocenters. The van der Waals surface area contributed by atoms with Crippen molar-refractivity contribution in [3.8, 4) is 0 Å². The number of aliphatic hydroxyl groups is 3. The number of primary amides is 1. The quantitative estimate of drug-likeness (QED) is 0.0227. The Morgan fingerprint density at radius 1 is 0.453 bits per heavy atom. The number of H-pyrrole nitrogens is 1. The number of amides is 9. The van der Waals surface area contributed by atoms with E-state index >= 15 is 14.4 Å². The van der Waals surface area contributed by atoms with Crippen molar-refractivity contribution in [3.05, 3.63) is 180 Å². The van der Waals surface area contributed by atoms with Gasteiger partial charge in [-0.15, -0.1) is 0 Å². The van der Waals surface area contributed by atoms with Crippen molar-refractivity contribution >= 4 is 64.1 Å². The first kappa shape index (κ1) is 73.0. The number of aromatic nitrogens is 1. The number of nitrogens with one attached hydrogen (secondary N) is 9. The number of fused-ring (bicyclic) bond motifs is 1. The number of carbonyl (C=O) groups is 9. The summed E-state index contributed by atoms with van der Waals surface area (Å²) in [6.45, 7) is 6.70. The van der Waals surface area contributed by atoms with Crippen molar-refractivity contribution in [2.24, 2.45) is 11.5 Å². The largest absolute Gasteiger partial charge is 0.395 e. The van der Waals surface area contributed by atoms with E-state index in [1.165, 1.54) is 13.8 Å². The van der Waals surface area contributed by atoms with Gasteiger partial charge < -0.3 is 79.2 Å². The molecule has 1 aromatic heterocycles. The maximum atomic E-state index is 15.3. The molecule has 0 spiro atoms. The number of hydrogen-bond donors (Lipinski definition) is 14. The fourth-order valence-electron chi connectivity index (χ4n) is 11.3. The average molecular weight is 1310 g/mol. The predicted octanol–water partition coefficient (Wildman–Crippen LogP) is -0.0645. The smallest absolute Gasteiger partial charge is 0.245 e. The third kappa shape index (κ3) is 23.3. The number of nitrogens with two attached hydrogens (primary N) is 2. The van der Waals surface area contributed by atoms with Gasteiger partial charge in [0.15, 0.2) is 0 Å². The number of para-hydroxylation sites is 1. The maximum Gasteiger partial charge on any atom is 0.245 e. The van der Waals surface area contributed by atoms with Crippen molar-refractivity contribution < 1.29 is 58.5 Å². The van der Waals surface area contributed by atoms with Crippen LogP contribution >= 0.6 is 0 Å². The Morgan fingerprint density at radius 3 is 1.25 bits per heavy atom. The topological polar surface area (TPSA) is 385 Å². The molecule has 6 aromatic rings. The van der Waals surface area contributed by atoms with E-state index in [4.69, 9.17) is 11.5 Å². The van der Waals surface area contributed by atoms with E-state index in [-0.39, 0.29) is 64.0 Å². The minimum absolute atomic E-state index is 0.0337. The molecule has 1 saturated heterocycles. The Hall–Kier alpha value is -9.37. The molecule has 0 aliphatic carbocycles. The van der Waals surface area contributed by atoms with Crippen LogP contribution in [-0.4, -0.2) is 196 Å². The summed E-state index contributed by atoms with van der Waals surface area (Å²) in [4.78, 5) is 136. The molecule has 16 N–H and O–H groups in total. The number of aromatic amines is 1. The first-order valence-electron chi connectivity index (χ1n) is 32.3. The molecule has 10 atom stereocenters. The molecule has 1 aliphatic rings. The second-order valence-electron chi connectivity index (χ2n) is 24.0. The predicted molar refractivity (Wildman–Crippen MR) is 358 cm³/mol. The lowest BCUT2D eigenvalue weighted by molar-refractivity contribution is -0.137. The molecular weight excluding hydrogens is 1210 g/mol. The van der Waals surface area contributed by atoms with Gasteiger partial charge in [0, 0.05) is 94.9 Å². The van der Waals surface area contributed by atoms with E-state index < -0.39 is 108 Å². The van der Waals surface area contributed by atoms with Crippen LogP contribution in [0.3, 0.4) is 0 Å². The van der Waals surface area contributed by atoms with Gasteiger partial charge in [-0.1, -0.05) is 140 Å². The van der Waals surface area contributed by atoms with Crippen molar-refractivity contribution in [3.63, 3.8) is 0 Å². The van der Waals surface area contributed by atoms with Crippen LogP contribution < -0.4 is 54.0 Å². The van der Waals surface area contributed by atoms with Crippen LogP contribution in [0.15, 0.2) is 152 Å². The molecule has 2 heterocycles. The van der Waals surface area contributed by atoms with E-state index in [2.05, 4.69) is 57.3 Å². The van der Waals surface area contributed by atoms with Gasteiger partial charge in [-0.2, -0.15) is 0 Å². The van der Waals surface area contributed by atoms with Crippen molar-refractivity contribution in [1.82, 2.24) is 57.3 Å². The van der Waals surface area contributed by atoms with Gasteiger partial charge in [-0.05, 0) is 73.5 Å². The summed E-state index contributed by atoms with van der Waals surface area (Å²) in [5.74, 6) is -7.30. The first-order valence-corrected chi connectivity index (χ1v) is 32.3. The average Bonchev–Trinajstić information content (AvgIpc) is 1.78. The first-order chi connectivity index (χ1) is 45.8. The monoisotopic (exact) mass is 1310 g/mol. The molecule has 0 saturated carbocycles. The lowest BCUT2D eigenvalue weighted by Gasteiger charge is -2.34. The van der Waals surface area contributed by atoms with E-state index in [1.807, 2.05) is 54.6 Å². The van der Waals surface area contributed by atoms with E-state index in [9.17, 15) is 44.1 Å². The zero-order chi connectivity index (χ0) is 68.2. The molecule has 25 heteroatoms. The number of aliphatic hydroxyl groups excluding tert-OH is 3. The van der Waals surface area contributed by atoms with Crippen molar-refractivity contribution in [2.45, 2.75) is 132 Å². The number of hydrogen-bond acceptors (Lipinski definition) is 15. The SMILES string of the molecule is C[C@@H](O)[C@H](NC(=O)[C@H](Cc1ccccc1)NC(=O)[C@@H](NC(=O)[C@H](CCCCN)NC(=O)[C@@H](Cc1c[nH]c2ccccc12)NC(=O)[C@H](Cc1ccccc1)NC(=O)[C@H](Cc1ccccc1)NC(=O)[C@@H](Cc1ccccc1)NC(=O)CCN1CCN(CCO)CC1)[C@@H](C)O)C(N)=O. The molecule has 0 bridgehead atoms. The van der Waals surface area contributed by atoms with Gasteiger partial charge in [0.05, 0.1) is 18.8 Å². The highest BCUT2D eigenvalue weighted by Crippen LogP contribution is 2.21. The fourth-order valence-corrected chi connectivity index (χ4v) is 11.3. The minimum Gasteiger partial charge on any atom is -0.395 e. The second-order valence-corrected chi connectivity index (χ2v) is 24.0. The maximum absolute atomic E-state index is 15.3. The van der Waals surface area contributed by atoms with Crippen LogP contribution in [0.1, 0.15) is 67.3 Å². The Balaban J connectivity index is 1.15. The summed E-state index contributed by atoms with van der Waals surface area (Å²) in [5.41, 5.74) is 15.3. The third-order valence-electron chi connectivity index (χ3n) is 16.7. The zero-order valence-corrected chi connectivity index (χ0v) is 53.8. The van der Waals surface area contributed by atoms with Crippen molar-refractivity contribution in [1.29, 1.82) is 0 Å². The minimum atomic E-state index is -1.74. The summed E-state index contributed by atoms with van der Waals surface area (Å²) in [6, 6.07) is 31.3. The third-order valence-corrected chi connectivity index (χ3v) is 16.7. The molecule has 1 fully saturated rings. The second kappa shape index (κ2) is 37.5. The highest BCUT2D eigenvalue weighted by molar-refractivity contribution is 5.99. The molecule has 0 radical (unpaired) electrons. The Morgan fingerprint density at radius 2 is 0.821 bits per heavy atom. The Kier molecular flexibility index (Phi) is 28.8. The van der Waals surface area contributed by atoms with Gasteiger partial charge in [-0.3, -0.25) is 48.1 Å². The van der Waals surface area contributed by atoms with Crippen LogP contribution in [0.5, 0.6) is 0 Å². The number of unbranched alkanes of at least 4 members (excludes halogenated alkanes) is 1. The van der Waals surface area contributed by atoms with Crippen LogP contribution in [0.25, 0.3) is 10.9 Å². The molecular formula is C70H91N13O12. The van der Waals surface area contributed by atoms with Crippen LogP contribution in [0.2, 0.25) is 0 Å². The zero-order valence-electron chi connectivity index (χ0n) is 53.8. The van der Waals surface area contributed by atoms with Gasteiger partial charge in [0.25, 0.3) is 0 Å². The van der Waals surface area contributed by atoms with Crippen LogP contribution in [0.4, 0.5) is 0 Å². The standard InChI is InChI=1S/C70H91N13O12/c1-45(85)61(63(72)88)80-69(94)58(42-50-25-13-6-14-26-50)79-70(95)62(46(2)86)81-64(89)54(29-17-18-31-71)75-68(93)59(43-51-44-73-53-28-16-15-27-52(51)53)78-67(92)57(41-49-23-11-5-12-24-49)77-66(91)56(40-48-21-9-4-10-22-48)76-65(90)55(39-47-19-7-3-8-20-47)74-60(87)30-32-82-33-35-83(36-34-82)37-38-84/h3-16,19-28,44-46,54-59,61-62,73,84-86H,17-18,29-43,71H2,1-2H3,(H2,72,88)(H,74,87)(H,75,93)(H,76,90)(H,77,91)(H,78,92)(H,79,95)(H,80,94)(H,81,89)/t45-,46-,54+,55-,56+,57+,58+,59-,61+,62+/m1/s1. The van der Waals surface area contributed by atoms with E-state index in [0.29, 0.717) is 61.3 Å². The van der Waals surface area contributed by atoms with Gasteiger partial charge in [0.1, 0.15) is 48.3 Å². The fraction of sp³-hybridized carbons (Fsp3) is 0.414.